The number of aliphatic hydroxyl groups is 4. The maximum absolute atomic E-state index is 14.7. The number of Topliss-reactive ketones (excluding diaryl/α,β-unsaturated/α-hetero) is 1. The first kappa shape index (κ1) is 36.6. The van der Waals surface area contributed by atoms with Crippen LogP contribution in [0.2, 0.25) is 0 Å². The van der Waals surface area contributed by atoms with Crippen molar-refractivity contribution in [2.24, 2.45) is 45.7 Å². The van der Waals surface area contributed by atoms with E-state index in [0.29, 0.717) is 12.3 Å². The molecule has 0 amide bonds. The summed E-state index contributed by atoms with van der Waals surface area (Å²) in [6, 6.07) is 0. The molecule has 6 rings (SSSR count). The first-order valence-electron chi connectivity index (χ1n) is 18.5. The average molecular weight is 680 g/mol. The number of hydrogen-bond acceptors (Lipinski definition) is 11. The van der Waals surface area contributed by atoms with E-state index in [-0.39, 0.29) is 47.1 Å². The fourth-order valence-corrected chi connectivity index (χ4v) is 11.6. The summed E-state index contributed by atoms with van der Waals surface area (Å²) in [5.74, 6) is -0.248. The lowest BCUT2D eigenvalue weighted by Gasteiger charge is -2.54. The van der Waals surface area contributed by atoms with Gasteiger partial charge in [-0.2, -0.15) is 0 Å². The van der Waals surface area contributed by atoms with Crippen LogP contribution in [-0.4, -0.2) is 98.9 Å². The zero-order valence-electron chi connectivity index (χ0n) is 30.0. The van der Waals surface area contributed by atoms with E-state index < -0.39 is 65.4 Å². The number of nitrogens with two attached hydrogens (primary N) is 1. The lowest BCUT2D eigenvalue weighted by Crippen LogP contribution is -2.64. The van der Waals surface area contributed by atoms with Gasteiger partial charge in [0.05, 0.1) is 30.0 Å². The molecule has 0 unspecified atom stereocenters. The van der Waals surface area contributed by atoms with Crippen molar-refractivity contribution in [3.63, 3.8) is 0 Å². The summed E-state index contributed by atoms with van der Waals surface area (Å²) >= 11 is 0. The van der Waals surface area contributed by atoms with Crippen molar-refractivity contribution in [3.05, 3.63) is 0 Å². The molecule has 0 radical (unpaired) electrons. The molecule has 0 aromatic rings. The van der Waals surface area contributed by atoms with Gasteiger partial charge in [-0.3, -0.25) is 9.59 Å². The fraction of sp³-hybridized carbons (Fsp3) is 0.946. The molecule has 4 aliphatic carbocycles. The van der Waals surface area contributed by atoms with E-state index in [1.165, 1.54) is 6.92 Å². The molecule has 2 saturated heterocycles. The van der Waals surface area contributed by atoms with E-state index in [4.69, 9.17) is 24.7 Å². The molecule has 6 fully saturated rings. The third-order valence-electron chi connectivity index (χ3n) is 14.3. The van der Waals surface area contributed by atoms with Crippen molar-refractivity contribution >= 4 is 11.8 Å². The van der Waals surface area contributed by atoms with Crippen LogP contribution in [0.15, 0.2) is 0 Å². The molecule has 0 bridgehead atoms. The SMILES string of the molecule is CC(=O)O[C@@H]([C@H]1C[C@@H](C)[C@H]2[C@H](O1)C(=O)[C@@]1(N)[C@H](CC[C@@H]3C4(CC[C@H](O[C@@H]5OC[C@H](O)[C@H](O)[C@H]5O)C3(C)C)CC4)CCC[C@]21C)C(C)(C)O. The monoisotopic (exact) mass is 679 g/mol. The highest BCUT2D eigenvalue weighted by atomic mass is 16.7. The molecule has 274 valence electrons. The zero-order chi connectivity index (χ0) is 35.2. The van der Waals surface area contributed by atoms with Crippen LogP contribution < -0.4 is 5.73 Å². The maximum atomic E-state index is 14.7. The Morgan fingerprint density at radius 1 is 1.06 bits per heavy atom. The molecule has 2 heterocycles. The van der Waals surface area contributed by atoms with E-state index >= 15 is 0 Å². The molecule has 1 spiro atoms. The molecule has 0 aromatic heterocycles. The number of carbonyl (C=O) groups is 2. The Hall–Kier alpha value is -1.18. The first-order chi connectivity index (χ1) is 22.3. The van der Waals surface area contributed by atoms with Gasteiger partial charge in [0.15, 0.2) is 18.2 Å². The molecule has 14 atom stereocenters. The molecular formula is C37H61NO10. The minimum atomic E-state index is -1.35. The lowest BCUT2D eigenvalue weighted by molar-refractivity contribution is -0.300. The van der Waals surface area contributed by atoms with Crippen LogP contribution >= 0.6 is 0 Å². The third-order valence-corrected chi connectivity index (χ3v) is 14.3. The van der Waals surface area contributed by atoms with E-state index in [1.54, 1.807) is 13.8 Å². The number of ketones is 1. The molecule has 4 saturated carbocycles. The van der Waals surface area contributed by atoms with Crippen LogP contribution in [0.4, 0.5) is 0 Å². The second-order valence-corrected chi connectivity index (χ2v) is 18.0. The van der Waals surface area contributed by atoms with Gasteiger partial charge < -0.3 is 45.1 Å². The number of ether oxygens (including phenoxy) is 4. The molecule has 2 aliphatic heterocycles. The number of aliphatic hydroxyl groups excluding tert-OH is 3. The van der Waals surface area contributed by atoms with Crippen molar-refractivity contribution in [1.82, 2.24) is 0 Å². The van der Waals surface area contributed by atoms with Crippen LogP contribution in [0, 0.1) is 39.9 Å². The van der Waals surface area contributed by atoms with Crippen LogP contribution in [0.3, 0.4) is 0 Å². The molecular weight excluding hydrogens is 618 g/mol. The Bertz CT molecular complexity index is 1230. The van der Waals surface area contributed by atoms with E-state index in [9.17, 15) is 30.0 Å². The van der Waals surface area contributed by atoms with Crippen molar-refractivity contribution in [2.45, 2.75) is 173 Å². The number of hydrogen-bond donors (Lipinski definition) is 5. The fourth-order valence-electron chi connectivity index (χ4n) is 11.6. The summed E-state index contributed by atoms with van der Waals surface area (Å²) in [7, 11) is 0. The Labute approximate surface area is 285 Å². The number of carbonyl (C=O) groups excluding carboxylic acids is 2. The van der Waals surface area contributed by atoms with Crippen molar-refractivity contribution in [3.8, 4) is 0 Å². The minimum Gasteiger partial charge on any atom is -0.457 e. The Balaban J connectivity index is 1.21. The summed E-state index contributed by atoms with van der Waals surface area (Å²) < 4.78 is 24.2. The van der Waals surface area contributed by atoms with Crippen LogP contribution in [0.5, 0.6) is 0 Å². The van der Waals surface area contributed by atoms with E-state index in [2.05, 4.69) is 27.7 Å². The number of fused-ring (bicyclic) bond motifs is 3. The maximum Gasteiger partial charge on any atom is 0.303 e. The van der Waals surface area contributed by atoms with Gasteiger partial charge in [0.2, 0.25) is 0 Å². The molecule has 11 heteroatoms. The minimum absolute atomic E-state index is 0.0184. The number of rotatable bonds is 8. The lowest BCUT2D eigenvalue weighted by atomic mass is 9.52. The molecule has 0 aromatic carbocycles. The van der Waals surface area contributed by atoms with Crippen LogP contribution in [-0.2, 0) is 28.5 Å². The highest BCUT2D eigenvalue weighted by Crippen LogP contribution is 2.68. The largest absolute Gasteiger partial charge is 0.457 e. The zero-order valence-corrected chi connectivity index (χ0v) is 30.0. The highest BCUT2D eigenvalue weighted by Gasteiger charge is 2.72. The second-order valence-electron chi connectivity index (χ2n) is 18.0. The standard InChI is InChI=1S/C37H61NO10/c1-19-17-23(31(34(5,6)44)46-20(2)39)47-29-26(19)35(7)13-8-9-21(37(35,38)30(29)43)10-11-24-33(3,4)25(12-14-36(24)15-16-36)48-32-28(42)27(41)22(40)18-45-32/h19,21-29,31-32,40-42,44H,8-18,38H2,1-7H3/t19-,21+,22+,23-,24+,25+,26+,27+,28-,29+,31+,32+,35-,37+/m1/s1. The Morgan fingerprint density at radius 2 is 1.75 bits per heavy atom. The topological polar surface area (TPSA) is 178 Å². The molecule has 6 N–H and O–H groups in total. The van der Waals surface area contributed by atoms with Gasteiger partial charge in [0.25, 0.3) is 0 Å². The van der Waals surface area contributed by atoms with Crippen LogP contribution in [0.25, 0.3) is 0 Å². The summed E-state index contributed by atoms with van der Waals surface area (Å²) in [5, 5.41) is 41.7. The van der Waals surface area contributed by atoms with E-state index in [1.807, 2.05) is 0 Å². The van der Waals surface area contributed by atoms with Crippen LogP contribution in [0.1, 0.15) is 113 Å². The predicted octanol–water partition coefficient (Wildman–Crippen LogP) is 3.01. The van der Waals surface area contributed by atoms with Gasteiger partial charge in [0, 0.05) is 12.8 Å². The highest BCUT2D eigenvalue weighted by molar-refractivity contribution is 5.97. The predicted molar refractivity (Wildman–Crippen MR) is 175 cm³/mol. The third kappa shape index (κ3) is 5.80. The summed E-state index contributed by atoms with van der Waals surface area (Å²) in [5.41, 5.74) is 4.59. The Kier molecular flexibility index (Phi) is 9.53. The van der Waals surface area contributed by atoms with Gasteiger partial charge in [-0.1, -0.05) is 34.1 Å². The normalized spacial score (nSPS) is 47.2. The number of esters is 1. The van der Waals surface area contributed by atoms with E-state index in [0.717, 1.165) is 57.8 Å². The van der Waals surface area contributed by atoms with Crippen molar-refractivity contribution in [2.75, 3.05) is 6.61 Å². The summed E-state index contributed by atoms with van der Waals surface area (Å²) in [6.45, 7) is 13.2. The van der Waals surface area contributed by atoms with Gasteiger partial charge in [-0.15, -0.1) is 0 Å². The van der Waals surface area contributed by atoms with Crippen molar-refractivity contribution in [1.29, 1.82) is 0 Å². The van der Waals surface area contributed by atoms with Gasteiger partial charge in [-0.25, -0.2) is 0 Å². The molecule has 6 aliphatic rings. The smallest absolute Gasteiger partial charge is 0.303 e. The summed E-state index contributed by atoms with van der Waals surface area (Å²) in [4.78, 5) is 26.7. The molecule has 48 heavy (non-hydrogen) atoms. The van der Waals surface area contributed by atoms with Gasteiger partial charge >= 0.3 is 5.97 Å². The quantitative estimate of drug-likeness (QED) is 0.238. The second kappa shape index (κ2) is 12.5. The van der Waals surface area contributed by atoms with Gasteiger partial charge in [0.1, 0.15) is 24.4 Å². The van der Waals surface area contributed by atoms with Gasteiger partial charge in [-0.05, 0) is 106 Å². The Morgan fingerprint density at radius 3 is 2.38 bits per heavy atom. The average Bonchev–Trinajstić information content (AvgIpc) is 3.74. The summed E-state index contributed by atoms with van der Waals surface area (Å²) in [6.07, 6.45) is 1.90. The first-order valence-corrected chi connectivity index (χ1v) is 18.5. The van der Waals surface area contributed by atoms with Crippen molar-refractivity contribution < 1.29 is 49.0 Å². The molecule has 11 nitrogen and oxygen atoms in total.